The molecule has 2 heterocycles. The van der Waals surface area contributed by atoms with Crippen LogP contribution in [0.3, 0.4) is 0 Å². The van der Waals surface area contributed by atoms with E-state index in [4.69, 9.17) is 18.9 Å². The molecule has 0 bridgehead atoms. The number of amides is 2. The van der Waals surface area contributed by atoms with Crippen molar-refractivity contribution in [2.24, 2.45) is 0 Å². The van der Waals surface area contributed by atoms with Gasteiger partial charge in [0, 0.05) is 25.3 Å². The average Bonchev–Trinajstić information content (AvgIpc) is 2.68. The minimum atomic E-state index is -0.0986. The Labute approximate surface area is 178 Å². The molecule has 8 heteroatoms. The first-order chi connectivity index (χ1) is 14.6. The summed E-state index contributed by atoms with van der Waals surface area (Å²) in [5.41, 5.74) is 0.0448. The van der Waals surface area contributed by atoms with Crippen molar-refractivity contribution >= 4 is 11.8 Å². The van der Waals surface area contributed by atoms with Crippen LogP contribution in [0.15, 0.2) is 0 Å². The summed E-state index contributed by atoms with van der Waals surface area (Å²) in [6.07, 6.45) is 10.4. The summed E-state index contributed by atoms with van der Waals surface area (Å²) >= 11 is 0. The Hall–Kier alpha value is -1.22. The lowest BCUT2D eigenvalue weighted by molar-refractivity contribution is -0.144. The Balaban J connectivity index is 1.01. The molecule has 2 N–H and O–H groups in total. The molecule has 4 fully saturated rings. The van der Waals surface area contributed by atoms with Crippen LogP contribution in [-0.2, 0) is 28.5 Å². The lowest BCUT2D eigenvalue weighted by Crippen LogP contribution is -2.52. The molecule has 4 aliphatic rings. The molecular formula is C22H36N2O6. The summed E-state index contributed by atoms with van der Waals surface area (Å²) in [4.78, 5) is 24.2. The number of rotatable bonds is 9. The van der Waals surface area contributed by atoms with E-state index >= 15 is 0 Å². The Morgan fingerprint density at radius 1 is 0.767 bits per heavy atom. The number of carbonyl (C=O) groups excluding carboxylic acids is 2. The monoisotopic (exact) mass is 424 g/mol. The van der Waals surface area contributed by atoms with Gasteiger partial charge in [-0.05, 0) is 64.2 Å². The van der Waals surface area contributed by atoms with E-state index in [1.54, 1.807) is 0 Å². The Morgan fingerprint density at radius 2 is 1.20 bits per heavy atom. The molecule has 0 aromatic heterocycles. The van der Waals surface area contributed by atoms with Crippen molar-refractivity contribution in [3.63, 3.8) is 0 Å². The van der Waals surface area contributed by atoms with Crippen molar-refractivity contribution in [3.05, 3.63) is 0 Å². The summed E-state index contributed by atoms with van der Waals surface area (Å²) in [5, 5.41) is 6.11. The maximum Gasteiger partial charge on any atom is 0.246 e. The average molecular weight is 425 g/mol. The predicted molar refractivity (Wildman–Crippen MR) is 109 cm³/mol. The fourth-order valence-electron chi connectivity index (χ4n) is 5.13. The van der Waals surface area contributed by atoms with E-state index in [9.17, 15) is 9.59 Å². The second-order valence-electron chi connectivity index (χ2n) is 9.39. The van der Waals surface area contributed by atoms with Gasteiger partial charge >= 0.3 is 0 Å². The Morgan fingerprint density at radius 3 is 1.57 bits per heavy atom. The molecule has 2 aliphatic carbocycles. The number of nitrogens with one attached hydrogen (secondary N) is 2. The van der Waals surface area contributed by atoms with Crippen LogP contribution in [0.1, 0.15) is 64.2 Å². The Bertz CT molecular complexity index is 552. The first kappa shape index (κ1) is 22.0. The van der Waals surface area contributed by atoms with Gasteiger partial charge in [-0.15, -0.1) is 0 Å². The molecular weight excluding hydrogens is 388 g/mol. The van der Waals surface area contributed by atoms with Crippen molar-refractivity contribution in [1.82, 2.24) is 10.6 Å². The maximum atomic E-state index is 12.1. The summed E-state index contributed by atoms with van der Waals surface area (Å²) in [7, 11) is 0. The standard InChI is InChI=1S/C22H36N2O6/c25-19(23-17-3-9-29-21(13-17)5-1-6-21)15-27-11-12-28-16-20(26)24-18-4-10-30-22(14-18)7-2-8-22/h17-18H,1-16H2,(H,23,25)(H,24,26). The summed E-state index contributed by atoms with van der Waals surface area (Å²) in [5.74, 6) is -0.197. The highest BCUT2D eigenvalue weighted by atomic mass is 16.5. The van der Waals surface area contributed by atoms with Crippen LogP contribution >= 0.6 is 0 Å². The fraction of sp³-hybridized carbons (Fsp3) is 0.909. The van der Waals surface area contributed by atoms with E-state index < -0.39 is 0 Å². The van der Waals surface area contributed by atoms with Crippen molar-refractivity contribution in [3.8, 4) is 0 Å². The third-order valence-electron chi connectivity index (χ3n) is 7.08. The highest BCUT2D eigenvalue weighted by molar-refractivity contribution is 5.78. The fourth-order valence-corrected chi connectivity index (χ4v) is 5.13. The molecule has 8 nitrogen and oxygen atoms in total. The van der Waals surface area contributed by atoms with Gasteiger partial charge < -0.3 is 29.6 Å². The van der Waals surface area contributed by atoms with Gasteiger partial charge in [0.25, 0.3) is 0 Å². The molecule has 2 unspecified atom stereocenters. The second-order valence-corrected chi connectivity index (χ2v) is 9.39. The van der Waals surface area contributed by atoms with Crippen LogP contribution in [0, 0.1) is 0 Å². The lowest BCUT2D eigenvalue weighted by Gasteiger charge is -2.47. The van der Waals surface area contributed by atoms with Crippen molar-refractivity contribution in [2.75, 3.05) is 39.6 Å². The third-order valence-corrected chi connectivity index (χ3v) is 7.08. The predicted octanol–water partition coefficient (Wildman–Crippen LogP) is 1.46. The van der Waals surface area contributed by atoms with E-state index in [0.29, 0.717) is 13.2 Å². The molecule has 2 saturated heterocycles. The van der Waals surface area contributed by atoms with Gasteiger partial charge in [-0.1, -0.05) is 0 Å². The lowest BCUT2D eigenvalue weighted by atomic mass is 9.74. The van der Waals surface area contributed by atoms with E-state index in [1.165, 1.54) is 12.8 Å². The minimum absolute atomic E-state index is 0.0179. The van der Waals surface area contributed by atoms with Crippen LogP contribution in [0.2, 0.25) is 0 Å². The number of carbonyl (C=O) groups is 2. The zero-order valence-electron chi connectivity index (χ0n) is 17.9. The van der Waals surface area contributed by atoms with Gasteiger partial charge in [-0.3, -0.25) is 9.59 Å². The van der Waals surface area contributed by atoms with Gasteiger partial charge in [-0.2, -0.15) is 0 Å². The van der Waals surface area contributed by atoms with E-state index in [0.717, 1.165) is 64.6 Å². The molecule has 2 atom stereocenters. The van der Waals surface area contributed by atoms with Crippen LogP contribution in [0.25, 0.3) is 0 Å². The van der Waals surface area contributed by atoms with Crippen molar-refractivity contribution in [1.29, 1.82) is 0 Å². The van der Waals surface area contributed by atoms with E-state index in [2.05, 4.69) is 10.6 Å². The second kappa shape index (κ2) is 9.94. The summed E-state index contributed by atoms with van der Waals surface area (Å²) in [6, 6.07) is 0.360. The van der Waals surface area contributed by atoms with Gasteiger partial charge in [0.2, 0.25) is 11.8 Å². The SMILES string of the molecule is O=C(COCCOCC(=O)NC1CCOC2(CCC2)C1)NC1CCOC2(CCC2)C1. The molecule has 0 radical (unpaired) electrons. The van der Waals surface area contributed by atoms with Crippen LogP contribution in [0.5, 0.6) is 0 Å². The minimum Gasteiger partial charge on any atom is -0.375 e. The first-order valence-corrected chi connectivity index (χ1v) is 11.6. The smallest absolute Gasteiger partial charge is 0.246 e. The van der Waals surface area contributed by atoms with Gasteiger partial charge in [0.15, 0.2) is 0 Å². The molecule has 2 saturated carbocycles. The van der Waals surface area contributed by atoms with Crippen LogP contribution in [-0.4, -0.2) is 74.7 Å². The largest absolute Gasteiger partial charge is 0.375 e. The number of hydrogen-bond donors (Lipinski definition) is 2. The zero-order valence-corrected chi connectivity index (χ0v) is 17.9. The third kappa shape index (κ3) is 5.72. The van der Waals surface area contributed by atoms with E-state index in [1.807, 2.05) is 0 Å². The van der Waals surface area contributed by atoms with E-state index in [-0.39, 0.29) is 48.3 Å². The number of hydrogen-bond acceptors (Lipinski definition) is 6. The molecule has 170 valence electrons. The zero-order chi connectivity index (χ0) is 20.9. The quantitative estimate of drug-likeness (QED) is 0.544. The Kier molecular flexibility index (Phi) is 7.28. The molecule has 0 aromatic rings. The highest BCUT2D eigenvalue weighted by Gasteiger charge is 2.43. The molecule has 2 spiro atoms. The van der Waals surface area contributed by atoms with Gasteiger partial charge in [-0.25, -0.2) is 0 Å². The molecule has 0 aromatic carbocycles. The summed E-state index contributed by atoms with van der Waals surface area (Å²) < 4.78 is 22.6. The van der Waals surface area contributed by atoms with Crippen molar-refractivity contribution < 1.29 is 28.5 Å². The van der Waals surface area contributed by atoms with Crippen molar-refractivity contribution in [2.45, 2.75) is 87.5 Å². The highest BCUT2D eigenvalue weighted by Crippen LogP contribution is 2.43. The molecule has 30 heavy (non-hydrogen) atoms. The van der Waals surface area contributed by atoms with Crippen LogP contribution < -0.4 is 10.6 Å². The molecule has 2 amide bonds. The molecule has 4 rings (SSSR count). The molecule has 2 aliphatic heterocycles. The normalized spacial score (nSPS) is 29.1. The first-order valence-electron chi connectivity index (χ1n) is 11.6. The maximum absolute atomic E-state index is 12.1. The van der Waals surface area contributed by atoms with Crippen LogP contribution in [0.4, 0.5) is 0 Å². The summed E-state index contributed by atoms with van der Waals surface area (Å²) in [6.45, 7) is 2.05. The van der Waals surface area contributed by atoms with Gasteiger partial charge in [0.05, 0.1) is 24.4 Å². The van der Waals surface area contributed by atoms with Gasteiger partial charge in [0.1, 0.15) is 13.2 Å². The topological polar surface area (TPSA) is 95.1 Å². The number of ether oxygens (including phenoxy) is 4.